The van der Waals surface area contributed by atoms with Gasteiger partial charge in [0.25, 0.3) is 5.91 Å². The van der Waals surface area contributed by atoms with E-state index < -0.39 is 0 Å². The summed E-state index contributed by atoms with van der Waals surface area (Å²) >= 11 is 0. The van der Waals surface area contributed by atoms with Crippen molar-refractivity contribution in [3.05, 3.63) is 65.4 Å². The van der Waals surface area contributed by atoms with E-state index in [0.29, 0.717) is 31.0 Å². The molecule has 2 amide bonds. The van der Waals surface area contributed by atoms with Crippen LogP contribution in [0.4, 0.5) is 5.82 Å². The predicted octanol–water partition coefficient (Wildman–Crippen LogP) is 2.92. The number of hydrogen-bond donors (Lipinski definition) is 0. The van der Waals surface area contributed by atoms with Crippen LogP contribution in [-0.2, 0) is 17.8 Å². The number of anilines is 1. The molecule has 0 fully saturated rings. The third-order valence-corrected chi connectivity index (χ3v) is 4.90. The van der Waals surface area contributed by atoms with Gasteiger partial charge in [-0.15, -0.1) is 0 Å². The first-order valence-corrected chi connectivity index (χ1v) is 9.94. The zero-order valence-corrected chi connectivity index (χ0v) is 17.6. The predicted molar refractivity (Wildman–Crippen MR) is 113 cm³/mol. The van der Waals surface area contributed by atoms with Gasteiger partial charge in [0, 0.05) is 39.7 Å². The lowest BCUT2D eigenvalue weighted by molar-refractivity contribution is -0.107. The highest BCUT2D eigenvalue weighted by Crippen LogP contribution is 2.20. The van der Waals surface area contributed by atoms with Gasteiger partial charge in [-0.05, 0) is 25.3 Å². The summed E-state index contributed by atoms with van der Waals surface area (Å²) in [4.78, 5) is 31.8. The summed E-state index contributed by atoms with van der Waals surface area (Å²) in [6, 6.07) is 11.8. The second-order valence-corrected chi connectivity index (χ2v) is 7.37. The van der Waals surface area contributed by atoms with Crippen molar-refractivity contribution in [1.82, 2.24) is 19.6 Å². The SMILES string of the molecule is Cc1cc(CCCCN(C)C(=O)c2c(N(C)C=O)ncn2Cc2ccccc2)on1. The highest BCUT2D eigenvalue weighted by molar-refractivity contribution is 5.99. The maximum Gasteiger partial charge on any atom is 0.274 e. The molecule has 0 bridgehead atoms. The topological polar surface area (TPSA) is 84.5 Å². The summed E-state index contributed by atoms with van der Waals surface area (Å²) in [6.45, 7) is 2.99. The summed E-state index contributed by atoms with van der Waals surface area (Å²) in [6.07, 6.45) is 4.76. The second-order valence-electron chi connectivity index (χ2n) is 7.37. The van der Waals surface area contributed by atoms with Crippen LogP contribution in [0, 0.1) is 6.92 Å². The lowest BCUT2D eigenvalue weighted by Crippen LogP contribution is -2.31. The minimum absolute atomic E-state index is 0.164. The van der Waals surface area contributed by atoms with Crippen molar-refractivity contribution in [2.45, 2.75) is 32.7 Å². The summed E-state index contributed by atoms with van der Waals surface area (Å²) in [5.41, 5.74) is 2.33. The maximum atomic E-state index is 13.2. The van der Waals surface area contributed by atoms with E-state index in [-0.39, 0.29) is 5.91 Å². The van der Waals surface area contributed by atoms with E-state index in [0.717, 1.165) is 36.3 Å². The molecule has 0 saturated carbocycles. The van der Waals surface area contributed by atoms with Crippen molar-refractivity contribution in [1.29, 1.82) is 0 Å². The number of imidazole rings is 1. The number of benzene rings is 1. The number of carbonyl (C=O) groups excluding carboxylic acids is 2. The minimum atomic E-state index is -0.164. The average Bonchev–Trinajstić information content (AvgIpc) is 3.36. The van der Waals surface area contributed by atoms with Gasteiger partial charge in [-0.2, -0.15) is 0 Å². The van der Waals surface area contributed by atoms with Crippen molar-refractivity contribution in [3.8, 4) is 0 Å². The third kappa shape index (κ3) is 5.14. The molecule has 158 valence electrons. The first-order valence-electron chi connectivity index (χ1n) is 9.94. The number of aromatic nitrogens is 3. The molecule has 3 aromatic rings. The Bertz CT molecular complexity index is 980. The van der Waals surface area contributed by atoms with Crippen LogP contribution in [0.3, 0.4) is 0 Å². The van der Waals surface area contributed by atoms with Crippen LogP contribution in [0.15, 0.2) is 47.2 Å². The lowest BCUT2D eigenvalue weighted by atomic mass is 10.2. The van der Waals surface area contributed by atoms with Gasteiger partial charge in [0.15, 0.2) is 11.5 Å². The summed E-state index contributed by atoms with van der Waals surface area (Å²) in [5.74, 6) is 1.05. The zero-order chi connectivity index (χ0) is 21.5. The summed E-state index contributed by atoms with van der Waals surface area (Å²) in [7, 11) is 3.36. The van der Waals surface area contributed by atoms with Crippen molar-refractivity contribution in [2.75, 3.05) is 25.5 Å². The number of amides is 2. The largest absolute Gasteiger partial charge is 0.361 e. The molecule has 1 aromatic carbocycles. The quantitative estimate of drug-likeness (QED) is 0.380. The number of unbranched alkanes of at least 4 members (excludes halogenated alkanes) is 1. The number of rotatable bonds is 10. The fourth-order valence-electron chi connectivity index (χ4n) is 3.26. The van der Waals surface area contributed by atoms with Gasteiger partial charge >= 0.3 is 0 Å². The van der Waals surface area contributed by atoms with E-state index in [2.05, 4.69) is 10.1 Å². The minimum Gasteiger partial charge on any atom is -0.361 e. The number of hydrogen-bond acceptors (Lipinski definition) is 5. The number of nitrogens with zero attached hydrogens (tertiary/aromatic N) is 5. The molecular weight excluding hydrogens is 382 g/mol. The van der Waals surface area contributed by atoms with Gasteiger partial charge in [0.2, 0.25) is 6.41 Å². The van der Waals surface area contributed by atoms with Gasteiger partial charge in [-0.1, -0.05) is 35.5 Å². The molecule has 30 heavy (non-hydrogen) atoms. The molecule has 8 nitrogen and oxygen atoms in total. The zero-order valence-electron chi connectivity index (χ0n) is 17.6. The molecule has 0 aliphatic carbocycles. The fraction of sp³-hybridized carbons (Fsp3) is 0.364. The van der Waals surface area contributed by atoms with Gasteiger partial charge in [-0.3, -0.25) is 9.59 Å². The molecule has 0 aliphatic rings. The molecule has 0 unspecified atom stereocenters. The smallest absolute Gasteiger partial charge is 0.274 e. The van der Waals surface area contributed by atoms with Gasteiger partial charge in [0.1, 0.15) is 5.76 Å². The molecule has 8 heteroatoms. The molecule has 0 saturated heterocycles. The van der Waals surface area contributed by atoms with Crippen LogP contribution in [0.1, 0.15) is 40.3 Å². The second kappa shape index (κ2) is 9.87. The Labute approximate surface area is 176 Å². The Morgan fingerprint density at radius 3 is 2.63 bits per heavy atom. The van der Waals surface area contributed by atoms with Crippen LogP contribution in [0.25, 0.3) is 0 Å². The Kier molecular flexibility index (Phi) is 7.00. The lowest BCUT2D eigenvalue weighted by Gasteiger charge is -2.20. The molecule has 0 aliphatic heterocycles. The van der Waals surface area contributed by atoms with Crippen LogP contribution < -0.4 is 4.90 Å². The van der Waals surface area contributed by atoms with Crippen LogP contribution in [-0.4, -0.2) is 52.6 Å². The highest BCUT2D eigenvalue weighted by Gasteiger charge is 2.24. The standard InChI is InChI=1S/C22H27N5O3/c1-17-13-19(30-24-17)11-7-8-12-25(2)22(29)20-21(26(3)16-28)23-15-27(20)14-18-9-5-4-6-10-18/h4-6,9-10,13,15-16H,7-8,11-12,14H2,1-3H3. The molecule has 2 heterocycles. The van der Waals surface area contributed by atoms with E-state index in [1.165, 1.54) is 4.90 Å². The third-order valence-electron chi connectivity index (χ3n) is 4.90. The van der Waals surface area contributed by atoms with Crippen molar-refractivity contribution in [2.24, 2.45) is 0 Å². The highest BCUT2D eigenvalue weighted by atomic mass is 16.5. The van der Waals surface area contributed by atoms with Crippen LogP contribution in [0.5, 0.6) is 0 Å². The summed E-state index contributed by atoms with van der Waals surface area (Å²) in [5, 5.41) is 3.89. The molecule has 0 spiro atoms. The van der Waals surface area contributed by atoms with E-state index in [1.54, 1.807) is 29.9 Å². The van der Waals surface area contributed by atoms with Gasteiger partial charge in [-0.25, -0.2) is 4.98 Å². The Morgan fingerprint density at radius 2 is 1.97 bits per heavy atom. The monoisotopic (exact) mass is 409 g/mol. The van der Waals surface area contributed by atoms with E-state index in [4.69, 9.17) is 4.52 Å². The van der Waals surface area contributed by atoms with Crippen LogP contribution >= 0.6 is 0 Å². The molecular formula is C22H27N5O3. The molecule has 0 atom stereocenters. The Hall–Kier alpha value is -3.42. The van der Waals surface area contributed by atoms with Crippen molar-refractivity contribution < 1.29 is 14.1 Å². The van der Waals surface area contributed by atoms with Crippen LogP contribution in [0.2, 0.25) is 0 Å². The normalized spacial score (nSPS) is 10.8. The molecule has 3 rings (SSSR count). The van der Waals surface area contributed by atoms with E-state index in [9.17, 15) is 9.59 Å². The number of carbonyl (C=O) groups is 2. The van der Waals surface area contributed by atoms with Crippen molar-refractivity contribution in [3.63, 3.8) is 0 Å². The molecule has 0 radical (unpaired) electrons. The van der Waals surface area contributed by atoms with Gasteiger partial charge < -0.3 is 18.9 Å². The van der Waals surface area contributed by atoms with E-state index in [1.807, 2.05) is 43.3 Å². The molecule has 0 N–H and O–H groups in total. The fourth-order valence-corrected chi connectivity index (χ4v) is 3.26. The van der Waals surface area contributed by atoms with Crippen molar-refractivity contribution >= 4 is 18.1 Å². The van der Waals surface area contributed by atoms with Gasteiger partial charge in [0.05, 0.1) is 12.0 Å². The first kappa shape index (κ1) is 21.3. The Morgan fingerprint density at radius 1 is 1.20 bits per heavy atom. The van der Waals surface area contributed by atoms with E-state index >= 15 is 0 Å². The number of aryl methyl sites for hydroxylation is 2. The average molecular weight is 409 g/mol. The Balaban J connectivity index is 1.68. The summed E-state index contributed by atoms with van der Waals surface area (Å²) < 4.78 is 7.02. The maximum absolute atomic E-state index is 13.2. The first-order chi connectivity index (χ1) is 14.5. The molecule has 2 aromatic heterocycles.